The van der Waals surface area contributed by atoms with Crippen LogP contribution in [0.15, 0.2) is 23.6 Å². The van der Waals surface area contributed by atoms with Crippen molar-refractivity contribution in [1.82, 2.24) is 19.7 Å². The molecule has 2 N–H and O–H groups in total. The number of nitrogens with zero attached hydrogens (tertiary/aromatic N) is 4. The van der Waals surface area contributed by atoms with Crippen molar-refractivity contribution in [2.75, 3.05) is 11.9 Å². The van der Waals surface area contributed by atoms with Crippen LogP contribution >= 0.6 is 11.3 Å². The SMILES string of the molecule is Cc1cc(C)n([C@@H](CC(=O)O)c2nc(CCCc3ccc4c(n3)NCCC4)cs2)n1. The van der Waals surface area contributed by atoms with Gasteiger partial charge in [0.15, 0.2) is 0 Å². The Labute approximate surface area is 180 Å². The lowest BCUT2D eigenvalue weighted by atomic mass is 10.1. The number of fused-ring (bicyclic) bond motifs is 1. The van der Waals surface area contributed by atoms with Crippen LogP contribution in [0.4, 0.5) is 5.82 Å². The fourth-order valence-electron chi connectivity index (χ4n) is 3.95. The van der Waals surface area contributed by atoms with Gasteiger partial charge in [0.05, 0.1) is 17.8 Å². The smallest absolute Gasteiger partial charge is 0.305 e. The number of rotatable bonds is 8. The van der Waals surface area contributed by atoms with Crippen LogP contribution in [0.1, 0.15) is 58.7 Å². The molecule has 3 aromatic rings. The second-order valence-corrected chi connectivity index (χ2v) is 8.75. The van der Waals surface area contributed by atoms with Gasteiger partial charge in [-0.3, -0.25) is 9.48 Å². The molecule has 0 unspecified atom stereocenters. The summed E-state index contributed by atoms with van der Waals surface area (Å²) in [6.45, 7) is 4.86. The van der Waals surface area contributed by atoms with Crippen LogP contribution < -0.4 is 5.32 Å². The van der Waals surface area contributed by atoms with E-state index in [9.17, 15) is 9.90 Å². The Hall–Kier alpha value is -2.74. The maximum Gasteiger partial charge on any atom is 0.305 e. The van der Waals surface area contributed by atoms with Gasteiger partial charge in [-0.2, -0.15) is 5.10 Å². The van der Waals surface area contributed by atoms with Crippen LogP contribution in [-0.2, 0) is 24.1 Å². The lowest BCUT2D eigenvalue weighted by Crippen LogP contribution is -2.17. The van der Waals surface area contributed by atoms with Gasteiger partial charge in [0, 0.05) is 23.3 Å². The zero-order valence-electron chi connectivity index (χ0n) is 17.4. The molecule has 1 aliphatic rings. The summed E-state index contributed by atoms with van der Waals surface area (Å²) in [6, 6.07) is 5.91. The summed E-state index contributed by atoms with van der Waals surface area (Å²) in [5, 5.41) is 20.1. The molecular weight excluding hydrogens is 398 g/mol. The van der Waals surface area contributed by atoms with Crippen LogP contribution in [0.3, 0.4) is 0 Å². The van der Waals surface area contributed by atoms with Crippen molar-refractivity contribution >= 4 is 23.1 Å². The Morgan fingerprint density at radius 1 is 1.27 bits per heavy atom. The summed E-state index contributed by atoms with van der Waals surface area (Å²) in [7, 11) is 0. The summed E-state index contributed by atoms with van der Waals surface area (Å²) >= 11 is 1.52. The average Bonchev–Trinajstić information content (AvgIpc) is 3.32. The molecule has 8 heteroatoms. The number of hydrogen-bond acceptors (Lipinski definition) is 6. The van der Waals surface area contributed by atoms with E-state index in [4.69, 9.17) is 9.97 Å². The number of hydrogen-bond donors (Lipinski definition) is 2. The molecule has 0 amide bonds. The molecule has 158 valence electrons. The van der Waals surface area contributed by atoms with E-state index in [1.165, 1.54) is 23.3 Å². The van der Waals surface area contributed by atoms with Crippen molar-refractivity contribution in [3.63, 3.8) is 0 Å². The number of carboxylic acids is 1. The fraction of sp³-hybridized carbons (Fsp3) is 0.455. The van der Waals surface area contributed by atoms with Gasteiger partial charge in [0.1, 0.15) is 16.9 Å². The van der Waals surface area contributed by atoms with E-state index in [0.717, 1.165) is 65.8 Å². The third kappa shape index (κ3) is 4.70. The number of nitrogens with one attached hydrogen (secondary N) is 1. The monoisotopic (exact) mass is 425 g/mol. The van der Waals surface area contributed by atoms with Gasteiger partial charge in [0.25, 0.3) is 0 Å². The fourth-order valence-corrected chi connectivity index (χ4v) is 4.89. The molecule has 1 aliphatic heterocycles. The van der Waals surface area contributed by atoms with Crippen molar-refractivity contribution in [3.8, 4) is 0 Å². The van der Waals surface area contributed by atoms with Crippen LogP contribution in [0.5, 0.6) is 0 Å². The molecule has 0 spiro atoms. The number of thiazole rings is 1. The number of aromatic nitrogens is 4. The molecule has 0 aliphatic carbocycles. The average molecular weight is 426 g/mol. The molecule has 0 saturated carbocycles. The Morgan fingerprint density at radius 3 is 2.87 bits per heavy atom. The first-order chi connectivity index (χ1) is 14.5. The molecule has 0 saturated heterocycles. The highest BCUT2D eigenvalue weighted by Crippen LogP contribution is 2.27. The molecule has 30 heavy (non-hydrogen) atoms. The maximum absolute atomic E-state index is 11.4. The highest BCUT2D eigenvalue weighted by atomic mass is 32.1. The number of anilines is 1. The molecule has 3 aromatic heterocycles. The van der Waals surface area contributed by atoms with Gasteiger partial charge in [-0.15, -0.1) is 11.3 Å². The highest BCUT2D eigenvalue weighted by molar-refractivity contribution is 7.09. The summed E-state index contributed by atoms with van der Waals surface area (Å²) in [5.41, 5.74) is 5.24. The minimum atomic E-state index is -0.851. The Bertz CT molecular complexity index is 1040. The zero-order valence-corrected chi connectivity index (χ0v) is 18.2. The quantitative estimate of drug-likeness (QED) is 0.568. The summed E-state index contributed by atoms with van der Waals surface area (Å²) < 4.78 is 1.79. The zero-order chi connectivity index (χ0) is 21.1. The van der Waals surface area contributed by atoms with Gasteiger partial charge in [0.2, 0.25) is 0 Å². The third-order valence-electron chi connectivity index (χ3n) is 5.38. The Morgan fingerprint density at radius 2 is 2.10 bits per heavy atom. The van der Waals surface area contributed by atoms with E-state index < -0.39 is 5.97 Å². The van der Waals surface area contributed by atoms with Gasteiger partial charge in [-0.25, -0.2) is 9.97 Å². The van der Waals surface area contributed by atoms with Crippen molar-refractivity contribution in [2.45, 2.75) is 58.4 Å². The first-order valence-electron chi connectivity index (χ1n) is 10.4. The molecule has 0 radical (unpaired) electrons. The first kappa shape index (κ1) is 20.5. The van der Waals surface area contributed by atoms with Crippen LogP contribution in [0, 0.1) is 13.8 Å². The van der Waals surface area contributed by atoms with Gasteiger partial charge in [-0.05, 0) is 63.6 Å². The molecule has 0 bridgehead atoms. The van der Waals surface area contributed by atoms with Crippen LogP contribution in [-0.4, -0.2) is 37.4 Å². The molecule has 4 rings (SSSR count). The molecule has 0 aromatic carbocycles. The minimum absolute atomic E-state index is 0.0268. The van der Waals surface area contributed by atoms with E-state index in [0.29, 0.717) is 0 Å². The highest BCUT2D eigenvalue weighted by Gasteiger charge is 2.23. The second kappa shape index (κ2) is 8.95. The summed E-state index contributed by atoms with van der Waals surface area (Å²) in [4.78, 5) is 20.9. The van der Waals surface area contributed by atoms with Crippen molar-refractivity contribution in [1.29, 1.82) is 0 Å². The van der Waals surface area contributed by atoms with Gasteiger partial charge >= 0.3 is 5.97 Å². The van der Waals surface area contributed by atoms with E-state index in [1.54, 1.807) is 4.68 Å². The predicted octanol–water partition coefficient (Wildman–Crippen LogP) is 3.95. The molecular formula is C22H27N5O2S. The predicted molar refractivity (Wildman–Crippen MR) is 117 cm³/mol. The number of carbonyl (C=O) groups is 1. The van der Waals surface area contributed by atoms with Crippen molar-refractivity contribution < 1.29 is 9.90 Å². The summed E-state index contributed by atoms with van der Waals surface area (Å²) in [5.74, 6) is 0.187. The lowest BCUT2D eigenvalue weighted by molar-refractivity contribution is -0.137. The number of aryl methyl sites for hydroxylation is 5. The van der Waals surface area contributed by atoms with E-state index in [2.05, 4.69) is 22.5 Å². The lowest BCUT2D eigenvalue weighted by Gasteiger charge is -2.17. The molecule has 1 atom stereocenters. The largest absolute Gasteiger partial charge is 0.481 e. The van der Waals surface area contributed by atoms with E-state index in [-0.39, 0.29) is 12.5 Å². The summed E-state index contributed by atoms with van der Waals surface area (Å²) in [6.07, 6.45) is 4.95. The Kier molecular flexibility index (Phi) is 6.13. The van der Waals surface area contributed by atoms with Crippen molar-refractivity contribution in [3.05, 3.63) is 56.9 Å². The van der Waals surface area contributed by atoms with E-state index >= 15 is 0 Å². The Balaban J connectivity index is 1.41. The first-order valence-corrected chi connectivity index (χ1v) is 11.3. The van der Waals surface area contributed by atoms with Crippen molar-refractivity contribution in [2.24, 2.45) is 0 Å². The molecule has 0 fully saturated rings. The normalized spacial score (nSPS) is 14.2. The molecule has 7 nitrogen and oxygen atoms in total. The second-order valence-electron chi connectivity index (χ2n) is 7.86. The third-order valence-corrected chi connectivity index (χ3v) is 6.37. The van der Waals surface area contributed by atoms with Crippen LogP contribution in [0.2, 0.25) is 0 Å². The van der Waals surface area contributed by atoms with E-state index in [1.807, 2.05) is 25.3 Å². The number of aliphatic carboxylic acids is 1. The van der Waals surface area contributed by atoms with Gasteiger partial charge in [-0.1, -0.05) is 6.07 Å². The minimum Gasteiger partial charge on any atom is -0.481 e. The molecule has 4 heterocycles. The number of carboxylic acid groups (broad SMARTS) is 1. The number of pyridine rings is 1. The standard InChI is InChI=1S/C22H27N5O2S/c1-14-11-15(2)27(26-14)19(12-20(28)29)22-25-18(13-30-22)7-3-6-17-9-8-16-5-4-10-23-21(16)24-17/h8-9,11,13,19H,3-7,10,12H2,1-2H3,(H,23,24)(H,28,29)/t19-/m0/s1. The van der Waals surface area contributed by atoms with Gasteiger partial charge < -0.3 is 10.4 Å². The maximum atomic E-state index is 11.4. The van der Waals surface area contributed by atoms with Crippen LogP contribution in [0.25, 0.3) is 0 Å². The topological polar surface area (TPSA) is 92.9 Å².